The molecule has 1 aliphatic heterocycles. The molecule has 1 heterocycles. The van der Waals surface area contributed by atoms with Crippen LogP contribution in [0.25, 0.3) is 0 Å². The van der Waals surface area contributed by atoms with Crippen LogP contribution in [0.4, 0.5) is 4.79 Å². The summed E-state index contributed by atoms with van der Waals surface area (Å²) in [5.41, 5.74) is 0.568. The molecule has 23 heavy (non-hydrogen) atoms. The summed E-state index contributed by atoms with van der Waals surface area (Å²) in [6.07, 6.45) is 1.37. The normalized spacial score (nSPS) is 19.4. The number of benzene rings is 1. The fraction of sp³-hybridized carbons (Fsp3) is 0.611. The van der Waals surface area contributed by atoms with Crippen molar-refractivity contribution < 1.29 is 14.6 Å². The smallest absolute Gasteiger partial charge is 0.315 e. The molecule has 1 aromatic rings. The second-order valence-electron chi connectivity index (χ2n) is 7.62. The second kappa shape index (κ2) is 6.79. The Kier molecular flexibility index (Phi) is 5.19. The SMILES string of the molecule is CC(C)(CCO)CNC(=O)NC1CC(C)(C)Oc2ccccc21. The van der Waals surface area contributed by atoms with Crippen LogP contribution in [-0.4, -0.2) is 29.9 Å². The van der Waals surface area contributed by atoms with Crippen LogP contribution in [0.15, 0.2) is 24.3 Å². The average molecular weight is 320 g/mol. The van der Waals surface area contributed by atoms with Crippen LogP contribution < -0.4 is 15.4 Å². The number of nitrogens with one attached hydrogen (secondary N) is 2. The van der Waals surface area contributed by atoms with Gasteiger partial charge in [0, 0.05) is 25.1 Å². The molecule has 0 spiro atoms. The molecule has 2 amide bonds. The lowest BCUT2D eigenvalue weighted by Gasteiger charge is -2.38. The van der Waals surface area contributed by atoms with Crippen molar-refractivity contribution in [1.29, 1.82) is 0 Å². The Morgan fingerprint density at radius 2 is 2.09 bits per heavy atom. The van der Waals surface area contributed by atoms with E-state index in [9.17, 15) is 4.79 Å². The van der Waals surface area contributed by atoms with Crippen molar-refractivity contribution in [2.24, 2.45) is 5.41 Å². The molecule has 2 rings (SSSR count). The number of urea groups is 1. The molecule has 5 nitrogen and oxygen atoms in total. The molecule has 3 N–H and O–H groups in total. The molecule has 0 aromatic heterocycles. The van der Waals surface area contributed by atoms with Crippen LogP contribution in [0.1, 0.15) is 52.1 Å². The van der Waals surface area contributed by atoms with E-state index in [0.717, 1.165) is 17.7 Å². The molecule has 0 aliphatic carbocycles. The van der Waals surface area contributed by atoms with Gasteiger partial charge < -0.3 is 20.5 Å². The zero-order chi connectivity index (χ0) is 17.1. The molecule has 1 aromatic carbocycles. The Balaban J connectivity index is 2.01. The highest BCUT2D eigenvalue weighted by atomic mass is 16.5. The number of hydrogen-bond donors (Lipinski definition) is 3. The van der Waals surface area contributed by atoms with Gasteiger partial charge in [-0.3, -0.25) is 0 Å². The Bertz CT molecular complexity index is 555. The van der Waals surface area contributed by atoms with Crippen LogP contribution in [0.3, 0.4) is 0 Å². The van der Waals surface area contributed by atoms with E-state index in [2.05, 4.69) is 10.6 Å². The number of aliphatic hydroxyl groups is 1. The number of amides is 2. The van der Waals surface area contributed by atoms with E-state index in [1.807, 2.05) is 52.0 Å². The van der Waals surface area contributed by atoms with E-state index >= 15 is 0 Å². The fourth-order valence-corrected chi connectivity index (χ4v) is 2.85. The first-order valence-corrected chi connectivity index (χ1v) is 8.16. The molecular weight excluding hydrogens is 292 g/mol. The predicted molar refractivity (Wildman–Crippen MR) is 90.5 cm³/mol. The van der Waals surface area contributed by atoms with Crippen LogP contribution in [0, 0.1) is 5.41 Å². The first-order valence-electron chi connectivity index (χ1n) is 8.16. The van der Waals surface area contributed by atoms with E-state index in [-0.39, 0.29) is 29.7 Å². The Labute approximate surface area is 138 Å². The predicted octanol–water partition coefficient (Wildman–Crippen LogP) is 3.00. The molecular formula is C18H28N2O3. The number of hydrogen-bond acceptors (Lipinski definition) is 3. The lowest BCUT2D eigenvalue weighted by atomic mass is 9.89. The molecule has 1 atom stereocenters. The maximum Gasteiger partial charge on any atom is 0.315 e. The summed E-state index contributed by atoms with van der Waals surface area (Å²) in [6, 6.07) is 7.56. The number of carbonyl (C=O) groups excluding carboxylic acids is 1. The highest BCUT2D eigenvalue weighted by Gasteiger charge is 2.34. The molecule has 1 unspecified atom stereocenters. The van der Waals surface area contributed by atoms with Crippen molar-refractivity contribution in [3.05, 3.63) is 29.8 Å². The highest BCUT2D eigenvalue weighted by molar-refractivity contribution is 5.74. The Morgan fingerprint density at radius 3 is 2.78 bits per heavy atom. The summed E-state index contributed by atoms with van der Waals surface area (Å²) in [6.45, 7) is 8.75. The summed E-state index contributed by atoms with van der Waals surface area (Å²) in [5.74, 6) is 0.828. The zero-order valence-corrected chi connectivity index (χ0v) is 14.5. The van der Waals surface area contributed by atoms with Crippen LogP contribution in [0.2, 0.25) is 0 Å². The third kappa shape index (κ3) is 4.86. The fourth-order valence-electron chi connectivity index (χ4n) is 2.85. The van der Waals surface area contributed by atoms with Crippen molar-refractivity contribution in [1.82, 2.24) is 10.6 Å². The number of para-hydroxylation sites is 1. The Hall–Kier alpha value is -1.75. The van der Waals surface area contributed by atoms with Gasteiger partial charge in [-0.2, -0.15) is 0 Å². The minimum atomic E-state index is -0.317. The molecule has 0 saturated carbocycles. The Morgan fingerprint density at radius 1 is 1.39 bits per heavy atom. The lowest BCUT2D eigenvalue weighted by molar-refractivity contribution is 0.0677. The largest absolute Gasteiger partial charge is 0.487 e. The van der Waals surface area contributed by atoms with E-state index in [1.165, 1.54) is 0 Å². The van der Waals surface area contributed by atoms with Gasteiger partial charge >= 0.3 is 6.03 Å². The van der Waals surface area contributed by atoms with Crippen LogP contribution in [0.5, 0.6) is 5.75 Å². The molecule has 128 valence electrons. The van der Waals surface area contributed by atoms with Gasteiger partial charge in [-0.1, -0.05) is 32.0 Å². The number of rotatable bonds is 5. The van der Waals surface area contributed by atoms with E-state index < -0.39 is 0 Å². The molecule has 5 heteroatoms. The number of carbonyl (C=O) groups is 1. The summed E-state index contributed by atoms with van der Waals surface area (Å²) in [5, 5.41) is 15.0. The molecule has 0 radical (unpaired) electrons. The van der Waals surface area contributed by atoms with Gasteiger partial charge in [-0.25, -0.2) is 4.79 Å². The maximum absolute atomic E-state index is 12.3. The average Bonchev–Trinajstić information content (AvgIpc) is 2.44. The van der Waals surface area contributed by atoms with Crippen LogP contribution in [-0.2, 0) is 0 Å². The summed E-state index contributed by atoms with van der Waals surface area (Å²) in [7, 11) is 0. The first kappa shape index (κ1) is 17.6. The monoisotopic (exact) mass is 320 g/mol. The number of aliphatic hydroxyl groups excluding tert-OH is 1. The maximum atomic E-state index is 12.3. The van der Waals surface area contributed by atoms with Gasteiger partial charge in [0.15, 0.2) is 0 Å². The van der Waals surface area contributed by atoms with Crippen molar-refractivity contribution in [2.75, 3.05) is 13.2 Å². The highest BCUT2D eigenvalue weighted by Crippen LogP contribution is 2.39. The summed E-state index contributed by atoms with van der Waals surface area (Å²) < 4.78 is 5.98. The summed E-state index contributed by atoms with van der Waals surface area (Å²) >= 11 is 0. The topological polar surface area (TPSA) is 70.6 Å². The van der Waals surface area contributed by atoms with Crippen molar-refractivity contribution in [3.8, 4) is 5.75 Å². The third-order valence-corrected chi connectivity index (χ3v) is 4.20. The molecule has 0 saturated heterocycles. The van der Waals surface area contributed by atoms with Crippen molar-refractivity contribution in [3.63, 3.8) is 0 Å². The third-order valence-electron chi connectivity index (χ3n) is 4.20. The quantitative estimate of drug-likeness (QED) is 0.781. The van der Waals surface area contributed by atoms with Gasteiger partial charge in [0.05, 0.1) is 6.04 Å². The number of fused-ring (bicyclic) bond motifs is 1. The van der Waals surface area contributed by atoms with Crippen molar-refractivity contribution in [2.45, 2.75) is 52.2 Å². The van der Waals surface area contributed by atoms with Crippen molar-refractivity contribution >= 4 is 6.03 Å². The number of ether oxygens (including phenoxy) is 1. The van der Waals surface area contributed by atoms with Gasteiger partial charge in [0.1, 0.15) is 11.4 Å². The van der Waals surface area contributed by atoms with Gasteiger partial charge in [-0.05, 0) is 31.7 Å². The van der Waals surface area contributed by atoms with E-state index in [4.69, 9.17) is 9.84 Å². The van der Waals surface area contributed by atoms with Gasteiger partial charge in [0.2, 0.25) is 0 Å². The lowest BCUT2D eigenvalue weighted by Crippen LogP contribution is -2.46. The van der Waals surface area contributed by atoms with Gasteiger partial charge in [0.25, 0.3) is 0 Å². The molecule has 0 fully saturated rings. The molecule has 0 bridgehead atoms. The minimum Gasteiger partial charge on any atom is -0.487 e. The first-order chi connectivity index (χ1) is 10.7. The van der Waals surface area contributed by atoms with E-state index in [0.29, 0.717) is 13.0 Å². The van der Waals surface area contributed by atoms with E-state index in [1.54, 1.807) is 0 Å². The summed E-state index contributed by atoms with van der Waals surface area (Å²) in [4.78, 5) is 12.3. The standard InChI is InChI=1S/C18H28N2O3/c1-17(2,9-10-21)12-19-16(22)20-14-11-18(3,4)23-15-8-6-5-7-13(14)15/h5-8,14,21H,9-12H2,1-4H3,(H2,19,20,22). The van der Waals surface area contributed by atoms with Gasteiger partial charge in [-0.15, -0.1) is 0 Å². The second-order valence-corrected chi connectivity index (χ2v) is 7.62. The molecule has 1 aliphatic rings. The minimum absolute atomic E-state index is 0.0732. The zero-order valence-electron chi connectivity index (χ0n) is 14.5. The van der Waals surface area contributed by atoms with Crippen LogP contribution >= 0.6 is 0 Å².